The number of nitrogens with zero attached hydrogens (tertiary/aromatic N) is 5. The Morgan fingerprint density at radius 2 is 2.11 bits per heavy atom. The number of hydrogen-bond acceptors (Lipinski definition) is 7. The molecule has 140 valence electrons. The molecular formula is C18H19N5O3S. The van der Waals surface area contributed by atoms with Crippen LogP contribution in [0.2, 0.25) is 0 Å². The minimum Gasteiger partial charge on any atom is -0.493 e. The van der Waals surface area contributed by atoms with Gasteiger partial charge in [-0.25, -0.2) is 4.68 Å². The van der Waals surface area contributed by atoms with Gasteiger partial charge in [-0.1, -0.05) is 6.07 Å². The summed E-state index contributed by atoms with van der Waals surface area (Å²) < 4.78 is 12.4. The summed E-state index contributed by atoms with van der Waals surface area (Å²) in [6, 6.07) is 7.88. The minimum atomic E-state index is -0.169. The Kier molecular flexibility index (Phi) is 4.76. The van der Waals surface area contributed by atoms with E-state index in [1.165, 1.54) is 11.0 Å². The van der Waals surface area contributed by atoms with Crippen molar-refractivity contribution < 1.29 is 14.3 Å². The van der Waals surface area contributed by atoms with Gasteiger partial charge in [-0.15, -0.1) is 16.4 Å². The lowest BCUT2D eigenvalue weighted by molar-refractivity contribution is -0.134. The molecule has 2 aromatic heterocycles. The first-order valence-corrected chi connectivity index (χ1v) is 9.37. The molecule has 0 aliphatic carbocycles. The summed E-state index contributed by atoms with van der Waals surface area (Å²) in [5.74, 6) is 1.34. The van der Waals surface area contributed by atoms with Crippen LogP contribution in [0.25, 0.3) is 0 Å². The van der Waals surface area contributed by atoms with Gasteiger partial charge in [0.15, 0.2) is 11.5 Å². The van der Waals surface area contributed by atoms with Crippen LogP contribution in [0.5, 0.6) is 11.5 Å². The van der Waals surface area contributed by atoms with E-state index in [2.05, 4.69) is 21.6 Å². The first-order chi connectivity index (χ1) is 13.2. The van der Waals surface area contributed by atoms with Crippen molar-refractivity contribution in [1.82, 2.24) is 25.1 Å². The number of rotatable bonds is 5. The quantitative estimate of drug-likeness (QED) is 0.667. The van der Waals surface area contributed by atoms with Crippen molar-refractivity contribution in [3.05, 3.63) is 52.0 Å². The highest BCUT2D eigenvalue weighted by Gasteiger charge is 2.34. The van der Waals surface area contributed by atoms with Crippen LogP contribution in [0.1, 0.15) is 22.0 Å². The lowest BCUT2D eigenvalue weighted by atomic mass is 9.90. The lowest BCUT2D eigenvalue weighted by Gasteiger charge is -2.37. The number of aromatic nitrogens is 4. The maximum absolute atomic E-state index is 13.0. The molecule has 1 atom stereocenters. The van der Waals surface area contributed by atoms with Gasteiger partial charge < -0.3 is 14.4 Å². The molecule has 3 heterocycles. The molecule has 0 unspecified atom stereocenters. The third kappa shape index (κ3) is 3.25. The fraction of sp³-hybridized carbons (Fsp3) is 0.333. The van der Waals surface area contributed by atoms with Crippen molar-refractivity contribution in [1.29, 1.82) is 0 Å². The number of amides is 1. The van der Waals surface area contributed by atoms with E-state index in [1.54, 1.807) is 25.6 Å². The second kappa shape index (κ2) is 7.36. The molecule has 1 aromatic carbocycles. The zero-order chi connectivity index (χ0) is 18.8. The van der Waals surface area contributed by atoms with Crippen LogP contribution in [0.3, 0.4) is 0 Å². The molecule has 0 bridgehead atoms. The van der Waals surface area contributed by atoms with Crippen molar-refractivity contribution in [2.75, 3.05) is 20.8 Å². The summed E-state index contributed by atoms with van der Waals surface area (Å²) in [4.78, 5) is 16.0. The molecule has 0 fully saturated rings. The third-order valence-electron chi connectivity index (χ3n) is 4.70. The summed E-state index contributed by atoms with van der Waals surface area (Å²) in [6.45, 7) is 0.726. The van der Waals surface area contributed by atoms with Crippen molar-refractivity contribution in [3.63, 3.8) is 0 Å². The van der Waals surface area contributed by atoms with Crippen LogP contribution < -0.4 is 9.47 Å². The minimum absolute atomic E-state index is 0.0267. The Labute approximate surface area is 160 Å². The molecule has 27 heavy (non-hydrogen) atoms. The molecule has 3 aromatic rings. The van der Waals surface area contributed by atoms with Crippen LogP contribution in [0.15, 0.2) is 36.0 Å². The van der Waals surface area contributed by atoms with Gasteiger partial charge in [-0.3, -0.25) is 4.79 Å². The highest BCUT2D eigenvalue weighted by Crippen LogP contribution is 2.42. The Hall–Kier alpha value is -2.94. The van der Waals surface area contributed by atoms with Gasteiger partial charge in [0.25, 0.3) is 0 Å². The second-order valence-corrected chi connectivity index (χ2v) is 7.15. The smallest absolute Gasteiger partial charge is 0.245 e. The molecule has 4 rings (SSSR count). The number of carbonyl (C=O) groups is 1. The van der Waals surface area contributed by atoms with Crippen molar-refractivity contribution >= 4 is 17.2 Å². The average Bonchev–Trinajstić information content (AvgIpc) is 3.39. The zero-order valence-electron chi connectivity index (χ0n) is 15.0. The van der Waals surface area contributed by atoms with Gasteiger partial charge in [0.2, 0.25) is 5.91 Å². The van der Waals surface area contributed by atoms with Crippen LogP contribution in [0.4, 0.5) is 0 Å². The molecule has 0 N–H and O–H groups in total. The maximum Gasteiger partial charge on any atom is 0.245 e. The van der Waals surface area contributed by atoms with E-state index in [1.807, 2.05) is 28.5 Å². The van der Waals surface area contributed by atoms with E-state index in [4.69, 9.17) is 9.47 Å². The van der Waals surface area contributed by atoms with Crippen LogP contribution >= 0.6 is 11.3 Å². The van der Waals surface area contributed by atoms with Crippen molar-refractivity contribution in [2.24, 2.45) is 0 Å². The number of carbonyl (C=O) groups excluding carboxylic acids is 1. The highest BCUT2D eigenvalue weighted by atomic mass is 32.1. The summed E-state index contributed by atoms with van der Waals surface area (Å²) in [5.41, 5.74) is 2.23. The molecule has 9 heteroatoms. The molecule has 1 aliphatic heterocycles. The van der Waals surface area contributed by atoms with E-state index < -0.39 is 0 Å². The van der Waals surface area contributed by atoms with Gasteiger partial charge >= 0.3 is 0 Å². The van der Waals surface area contributed by atoms with Gasteiger partial charge in [0.05, 0.1) is 20.3 Å². The fourth-order valence-electron chi connectivity index (χ4n) is 3.45. The summed E-state index contributed by atoms with van der Waals surface area (Å²) in [5, 5.41) is 13.0. The summed E-state index contributed by atoms with van der Waals surface area (Å²) in [6.07, 6.45) is 2.20. The molecule has 1 aliphatic rings. The summed E-state index contributed by atoms with van der Waals surface area (Å²) in [7, 11) is 3.25. The monoisotopic (exact) mass is 385 g/mol. The van der Waals surface area contributed by atoms with E-state index >= 15 is 0 Å². The topological polar surface area (TPSA) is 82.4 Å². The average molecular weight is 385 g/mol. The van der Waals surface area contributed by atoms with Gasteiger partial charge in [-0.2, -0.15) is 0 Å². The lowest BCUT2D eigenvalue weighted by Crippen LogP contribution is -2.42. The number of benzene rings is 1. The number of tetrazole rings is 1. The Balaban J connectivity index is 1.75. The Morgan fingerprint density at radius 1 is 1.30 bits per heavy atom. The first-order valence-electron chi connectivity index (χ1n) is 8.49. The predicted molar refractivity (Wildman–Crippen MR) is 98.9 cm³/mol. The van der Waals surface area contributed by atoms with E-state index in [0.29, 0.717) is 18.0 Å². The molecule has 0 spiro atoms. The molecule has 0 radical (unpaired) electrons. The second-order valence-electron chi connectivity index (χ2n) is 6.17. The van der Waals surface area contributed by atoms with E-state index in [0.717, 1.165) is 22.4 Å². The summed E-state index contributed by atoms with van der Waals surface area (Å²) >= 11 is 1.63. The van der Waals surface area contributed by atoms with Gasteiger partial charge in [0.1, 0.15) is 12.9 Å². The fourth-order valence-corrected chi connectivity index (χ4v) is 4.30. The number of thiophene rings is 1. The first kappa shape index (κ1) is 17.5. The Morgan fingerprint density at radius 3 is 2.78 bits per heavy atom. The third-order valence-corrected chi connectivity index (χ3v) is 5.62. The van der Waals surface area contributed by atoms with Gasteiger partial charge in [-0.05, 0) is 51.6 Å². The normalized spacial score (nSPS) is 16.1. The molecular weight excluding hydrogens is 366 g/mol. The van der Waals surface area contributed by atoms with Crippen LogP contribution in [-0.2, 0) is 17.8 Å². The van der Waals surface area contributed by atoms with E-state index in [-0.39, 0.29) is 18.5 Å². The Bertz CT molecular complexity index is 927. The van der Waals surface area contributed by atoms with Crippen molar-refractivity contribution in [3.8, 4) is 11.5 Å². The molecule has 0 saturated heterocycles. The van der Waals surface area contributed by atoms with Crippen molar-refractivity contribution in [2.45, 2.75) is 19.0 Å². The standard InChI is InChI=1S/C18H19N5O3S/c1-25-14-8-12-5-6-23(17(24)10-22-11-19-20-21-22)18(16-4-3-7-27-16)13(12)9-15(14)26-2/h3-4,7-9,11,18H,5-6,10H2,1-2H3/t18-/m1/s1. The molecule has 0 saturated carbocycles. The number of hydrogen-bond donors (Lipinski definition) is 0. The predicted octanol–water partition coefficient (Wildman–Crippen LogP) is 1.93. The highest BCUT2D eigenvalue weighted by molar-refractivity contribution is 7.10. The number of methoxy groups -OCH3 is 2. The maximum atomic E-state index is 13.0. The van der Waals surface area contributed by atoms with Gasteiger partial charge in [0, 0.05) is 11.4 Å². The largest absolute Gasteiger partial charge is 0.493 e. The number of ether oxygens (including phenoxy) is 2. The molecule has 1 amide bonds. The van der Waals surface area contributed by atoms with Crippen LogP contribution in [0, 0.1) is 0 Å². The van der Waals surface area contributed by atoms with E-state index in [9.17, 15) is 4.79 Å². The number of fused-ring (bicyclic) bond motifs is 1. The molecule has 8 nitrogen and oxygen atoms in total. The zero-order valence-corrected chi connectivity index (χ0v) is 15.8. The van der Waals surface area contributed by atoms with Crippen LogP contribution in [-0.4, -0.2) is 51.8 Å². The SMILES string of the molecule is COc1cc2c(cc1OC)[C@H](c1cccs1)N(C(=O)Cn1cnnn1)CC2.